The van der Waals surface area contributed by atoms with Crippen molar-refractivity contribution < 1.29 is 9.53 Å². The fraction of sp³-hybridized carbons (Fsp3) is 0.357. The Kier molecular flexibility index (Phi) is 5.24. The second kappa shape index (κ2) is 7.14. The van der Waals surface area contributed by atoms with Crippen molar-refractivity contribution in [2.24, 2.45) is 0 Å². The van der Waals surface area contributed by atoms with Gasteiger partial charge in [-0.25, -0.2) is 4.68 Å². The second-order valence-electron chi connectivity index (χ2n) is 4.48. The summed E-state index contributed by atoms with van der Waals surface area (Å²) in [6, 6.07) is 4.78. The topological polar surface area (TPSA) is 73.2 Å². The number of hydrogen-bond donors (Lipinski definition) is 1. The van der Waals surface area contributed by atoms with E-state index in [4.69, 9.17) is 4.74 Å². The Balaban J connectivity index is 2.05. The first kappa shape index (κ1) is 15.4. The first-order valence-electron chi connectivity index (χ1n) is 6.50. The Hall–Kier alpha value is -1.99. The lowest BCUT2D eigenvalue weighted by Gasteiger charge is -2.07. The molecule has 0 fully saturated rings. The zero-order valence-electron chi connectivity index (χ0n) is 12.0. The standard InChI is InChI=1S/C14H17N3O3S/c1-10-5-8-21-12(10)9-15-14(19)11-3-4-13(18)17(16-11)6-7-20-2/h3-5,8H,6-7,9H2,1-2H3,(H,15,19). The third-order valence-corrected chi connectivity index (χ3v) is 4.01. The maximum Gasteiger partial charge on any atom is 0.272 e. The summed E-state index contributed by atoms with van der Waals surface area (Å²) in [7, 11) is 1.55. The van der Waals surface area contributed by atoms with Gasteiger partial charge in [-0.2, -0.15) is 5.10 Å². The number of methoxy groups -OCH3 is 1. The molecule has 0 spiro atoms. The fourth-order valence-corrected chi connectivity index (χ4v) is 2.59. The summed E-state index contributed by atoms with van der Waals surface area (Å²) < 4.78 is 6.14. The van der Waals surface area contributed by atoms with Crippen LogP contribution in [0.2, 0.25) is 0 Å². The molecule has 0 aromatic carbocycles. The molecule has 0 radical (unpaired) electrons. The second-order valence-corrected chi connectivity index (χ2v) is 5.48. The van der Waals surface area contributed by atoms with Crippen molar-refractivity contribution in [2.45, 2.75) is 20.0 Å². The third kappa shape index (κ3) is 3.99. The number of ether oxygens (including phenoxy) is 1. The average molecular weight is 307 g/mol. The molecule has 112 valence electrons. The summed E-state index contributed by atoms with van der Waals surface area (Å²) in [5, 5.41) is 8.84. The maximum absolute atomic E-state index is 12.1. The number of thiophene rings is 1. The van der Waals surface area contributed by atoms with Gasteiger partial charge in [0.25, 0.3) is 11.5 Å². The minimum Gasteiger partial charge on any atom is -0.383 e. The first-order valence-corrected chi connectivity index (χ1v) is 7.38. The fourth-order valence-electron chi connectivity index (χ4n) is 1.74. The number of carbonyl (C=O) groups excluding carboxylic acids is 1. The van der Waals surface area contributed by atoms with Crippen LogP contribution in [0.25, 0.3) is 0 Å². The highest BCUT2D eigenvalue weighted by atomic mass is 32.1. The van der Waals surface area contributed by atoms with Gasteiger partial charge in [0.05, 0.1) is 19.7 Å². The van der Waals surface area contributed by atoms with Crippen molar-refractivity contribution in [3.63, 3.8) is 0 Å². The average Bonchev–Trinajstić information content (AvgIpc) is 2.89. The number of nitrogens with zero attached hydrogens (tertiary/aromatic N) is 2. The van der Waals surface area contributed by atoms with E-state index >= 15 is 0 Å². The number of aryl methyl sites for hydroxylation is 1. The van der Waals surface area contributed by atoms with Crippen LogP contribution < -0.4 is 10.9 Å². The van der Waals surface area contributed by atoms with Gasteiger partial charge in [0, 0.05) is 18.1 Å². The third-order valence-electron chi connectivity index (χ3n) is 2.98. The lowest BCUT2D eigenvalue weighted by Crippen LogP contribution is -2.30. The lowest BCUT2D eigenvalue weighted by atomic mass is 10.3. The van der Waals surface area contributed by atoms with Crippen molar-refractivity contribution >= 4 is 17.2 Å². The number of hydrogen-bond acceptors (Lipinski definition) is 5. The van der Waals surface area contributed by atoms with Gasteiger partial charge >= 0.3 is 0 Å². The molecule has 2 aromatic rings. The lowest BCUT2D eigenvalue weighted by molar-refractivity contribution is 0.0942. The molecule has 0 unspecified atom stereocenters. The Morgan fingerprint density at radius 3 is 2.90 bits per heavy atom. The van der Waals surface area contributed by atoms with Crippen LogP contribution in [0.1, 0.15) is 20.9 Å². The van der Waals surface area contributed by atoms with Gasteiger partial charge in [0.2, 0.25) is 0 Å². The molecule has 7 heteroatoms. The highest BCUT2D eigenvalue weighted by Crippen LogP contribution is 2.14. The molecule has 1 N–H and O–H groups in total. The molecule has 0 aliphatic rings. The summed E-state index contributed by atoms with van der Waals surface area (Å²) in [6.45, 7) is 3.15. The Morgan fingerprint density at radius 1 is 1.43 bits per heavy atom. The van der Waals surface area contributed by atoms with E-state index in [2.05, 4.69) is 10.4 Å². The van der Waals surface area contributed by atoms with E-state index < -0.39 is 0 Å². The molecular weight excluding hydrogens is 290 g/mol. The van der Waals surface area contributed by atoms with Gasteiger partial charge < -0.3 is 10.1 Å². The monoisotopic (exact) mass is 307 g/mol. The van der Waals surface area contributed by atoms with Crippen molar-refractivity contribution in [2.75, 3.05) is 13.7 Å². The summed E-state index contributed by atoms with van der Waals surface area (Å²) in [5.41, 5.74) is 1.12. The molecule has 0 saturated carbocycles. The van der Waals surface area contributed by atoms with Gasteiger partial charge in [0.15, 0.2) is 0 Å². The molecule has 2 rings (SSSR count). The van der Waals surface area contributed by atoms with Crippen LogP contribution in [-0.2, 0) is 17.8 Å². The predicted molar refractivity (Wildman–Crippen MR) is 80.6 cm³/mol. The highest BCUT2D eigenvalue weighted by Gasteiger charge is 2.10. The van der Waals surface area contributed by atoms with Crippen LogP contribution in [0.5, 0.6) is 0 Å². The Bertz CT molecular complexity index is 678. The molecule has 2 aromatic heterocycles. The first-order chi connectivity index (χ1) is 10.1. The largest absolute Gasteiger partial charge is 0.383 e. The molecule has 0 saturated heterocycles. The highest BCUT2D eigenvalue weighted by molar-refractivity contribution is 7.10. The maximum atomic E-state index is 12.1. The predicted octanol–water partition coefficient (Wildman–Crippen LogP) is 1.19. The van der Waals surface area contributed by atoms with Gasteiger partial charge in [-0.3, -0.25) is 9.59 Å². The van der Waals surface area contributed by atoms with E-state index in [1.807, 2.05) is 18.4 Å². The summed E-state index contributed by atoms with van der Waals surface area (Å²) >= 11 is 1.60. The minimum atomic E-state index is -0.297. The SMILES string of the molecule is COCCn1nc(C(=O)NCc2sccc2C)ccc1=O. The molecule has 6 nitrogen and oxygen atoms in total. The Labute approximate surface area is 126 Å². The number of carbonyl (C=O) groups is 1. The summed E-state index contributed by atoms with van der Waals surface area (Å²) in [5.74, 6) is -0.297. The Morgan fingerprint density at radius 2 is 2.24 bits per heavy atom. The van der Waals surface area contributed by atoms with E-state index in [9.17, 15) is 9.59 Å². The van der Waals surface area contributed by atoms with Crippen molar-refractivity contribution in [1.29, 1.82) is 0 Å². The van der Waals surface area contributed by atoms with E-state index in [-0.39, 0.29) is 17.2 Å². The molecule has 0 bridgehead atoms. The van der Waals surface area contributed by atoms with Crippen LogP contribution in [0.15, 0.2) is 28.4 Å². The molecule has 21 heavy (non-hydrogen) atoms. The quantitative estimate of drug-likeness (QED) is 0.870. The van der Waals surface area contributed by atoms with Gasteiger partial charge in [-0.15, -0.1) is 11.3 Å². The molecule has 0 atom stereocenters. The minimum absolute atomic E-state index is 0.222. The normalized spacial score (nSPS) is 10.6. The van der Waals surface area contributed by atoms with Gasteiger partial charge in [0.1, 0.15) is 5.69 Å². The van der Waals surface area contributed by atoms with E-state index in [0.29, 0.717) is 19.7 Å². The van der Waals surface area contributed by atoms with Crippen LogP contribution in [0, 0.1) is 6.92 Å². The van der Waals surface area contributed by atoms with Crippen molar-refractivity contribution in [3.05, 3.63) is 50.1 Å². The zero-order chi connectivity index (χ0) is 15.2. The number of nitrogens with one attached hydrogen (secondary N) is 1. The molecule has 2 heterocycles. The zero-order valence-corrected chi connectivity index (χ0v) is 12.8. The van der Waals surface area contributed by atoms with Crippen LogP contribution in [0.3, 0.4) is 0 Å². The van der Waals surface area contributed by atoms with Crippen LogP contribution >= 0.6 is 11.3 Å². The number of amides is 1. The summed E-state index contributed by atoms with van der Waals surface area (Å²) in [4.78, 5) is 24.8. The van der Waals surface area contributed by atoms with Crippen LogP contribution in [-0.4, -0.2) is 29.4 Å². The van der Waals surface area contributed by atoms with Crippen LogP contribution in [0.4, 0.5) is 0 Å². The van der Waals surface area contributed by atoms with Crippen molar-refractivity contribution in [1.82, 2.24) is 15.1 Å². The molecule has 0 aliphatic heterocycles. The van der Waals surface area contributed by atoms with E-state index in [1.165, 1.54) is 16.8 Å². The number of aromatic nitrogens is 2. The van der Waals surface area contributed by atoms with Crippen molar-refractivity contribution in [3.8, 4) is 0 Å². The van der Waals surface area contributed by atoms with Gasteiger partial charge in [-0.05, 0) is 30.0 Å². The molecule has 0 aliphatic carbocycles. The van der Waals surface area contributed by atoms with Gasteiger partial charge in [-0.1, -0.05) is 0 Å². The molecular formula is C14H17N3O3S. The smallest absolute Gasteiger partial charge is 0.272 e. The summed E-state index contributed by atoms with van der Waals surface area (Å²) in [6.07, 6.45) is 0. The van der Waals surface area contributed by atoms with E-state index in [1.54, 1.807) is 18.4 Å². The number of rotatable bonds is 6. The van der Waals surface area contributed by atoms with E-state index in [0.717, 1.165) is 10.4 Å². The molecule has 1 amide bonds.